The van der Waals surface area contributed by atoms with Gasteiger partial charge in [-0.3, -0.25) is 0 Å². The summed E-state index contributed by atoms with van der Waals surface area (Å²) in [6, 6.07) is 13.4. The fourth-order valence-corrected chi connectivity index (χ4v) is 2.41. The molecule has 6 nitrogen and oxygen atoms in total. The summed E-state index contributed by atoms with van der Waals surface area (Å²) in [5.41, 5.74) is 6.89. The second-order valence-electron chi connectivity index (χ2n) is 5.20. The smallest absolute Gasteiger partial charge is 0.217 e. The van der Waals surface area contributed by atoms with Crippen LogP contribution in [-0.4, -0.2) is 44.5 Å². The predicted octanol–water partition coefficient (Wildman–Crippen LogP) is 1.96. The summed E-state index contributed by atoms with van der Waals surface area (Å²) in [6.45, 7) is 4.01. The molecule has 0 amide bonds. The Hall–Kier alpha value is -2.47. The zero-order chi connectivity index (χ0) is 15.9. The molecule has 3 rings (SSSR count). The summed E-state index contributed by atoms with van der Waals surface area (Å²) < 4.78 is 16.6. The third kappa shape index (κ3) is 4.50. The van der Waals surface area contributed by atoms with Gasteiger partial charge in [0.25, 0.3) is 0 Å². The van der Waals surface area contributed by atoms with Gasteiger partial charge in [0.1, 0.15) is 24.8 Å². The maximum Gasteiger partial charge on any atom is 0.217 e. The molecule has 6 heteroatoms. The number of aromatic nitrogens is 1. The van der Waals surface area contributed by atoms with Gasteiger partial charge in [-0.25, -0.2) is 0 Å². The van der Waals surface area contributed by atoms with E-state index in [-0.39, 0.29) is 0 Å². The van der Waals surface area contributed by atoms with Gasteiger partial charge in [0.2, 0.25) is 5.88 Å². The zero-order valence-corrected chi connectivity index (χ0v) is 13.0. The van der Waals surface area contributed by atoms with Gasteiger partial charge in [-0.1, -0.05) is 18.2 Å². The maximum absolute atomic E-state index is 5.88. The topological polar surface area (TPSA) is 69.8 Å². The van der Waals surface area contributed by atoms with Crippen molar-refractivity contribution in [3.05, 3.63) is 42.5 Å². The largest absolute Gasteiger partial charge is 0.490 e. The van der Waals surface area contributed by atoms with E-state index in [4.69, 9.17) is 19.9 Å². The second-order valence-corrected chi connectivity index (χ2v) is 5.20. The van der Waals surface area contributed by atoms with Gasteiger partial charge >= 0.3 is 0 Å². The van der Waals surface area contributed by atoms with E-state index in [9.17, 15) is 0 Å². The highest BCUT2D eigenvalue weighted by Gasteiger charge is 2.13. The molecule has 0 unspecified atom stereocenters. The molecule has 0 spiro atoms. The number of nitrogens with two attached hydrogens (primary N) is 1. The molecule has 2 aromatic rings. The molecule has 1 aromatic heterocycles. The van der Waals surface area contributed by atoms with E-state index in [1.54, 1.807) is 0 Å². The van der Waals surface area contributed by atoms with Crippen LogP contribution in [-0.2, 0) is 4.74 Å². The molecule has 1 aliphatic heterocycles. The fraction of sp³-hybridized carbons (Fsp3) is 0.353. The number of nitrogen functional groups attached to an aromatic ring is 1. The quantitative estimate of drug-likeness (QED) is 0.822. The Labute approximate surface area is 135 Å². The van der Waals surface area contributed by atoms with Crippen molar-refractivity contribution in [1.29, 1.82) is 0 Å². The first-order valence-electron chi connectivity index (χ1n) is 7.72. The van der Waals surface area contributed by atoms with Crippen LogP contribution in [0.2, 0.25) is 0 Å². The van der Waals surface area contributed by atoms with Crippen LogP contribution in [0, 0.1) is 0 Å². The van der Waals surface area contributed by atoms with E-state index in [1.807, 2.05) is 42.5 Å². The molecule has 2 N–H and O–H groups in total. The van der Waals surface area contributed by atoms with Crippen LogP contribution < -0.4 is 20.1 Å². The Morgan fingerprint density at radius 3 is 2.57 bits per heavy atom. The number of nitrogens with zero attached hydrogens (tertiary/aromatic N) is 2. The van der Waals surface area contributed by atoms with Crippen LogP contribution in [0.5, 0.6) is 11.6 Å². The number of ether oxygens (including phenoxy) is 3. The average Bonchev–Trinajstić information content (AvgIpc) is 2.60. The van der Waals surface area contributed by atoms with Crippen molar-refractivity contribution >= 4 is 11.5 Å². The van der Waals surface area contributed by atoms with E-state index < -0.39 is 0 Å². The number of anilines is 2. The Morgan fingerprint density at radius 2 is 1.78 bits per heavy atom. The highest BCUT2D eigenvalue weighted by Crippen LogP contribution is 2.23. The summed E-state index contributed by atoms with van der Waals surface area (Å²) in [5, 5.41) is 0. The molecule has 23 heavy (non-hydrogen) atoms. The Kier molecular flexibility index (Phi) is 5.16. The molecule has 1 fully saturated rings. The predicted molar refractivity (Wildman–Crippen MR) is 89.1 cm³/mol. The first kappa shape index (κ1) is 15.4. The standard InChI is InChI=1S/C17H21N3O3/c18-16-12-14(20-6-8-21-9-7-20)13-17(19-16)23-11-10-22-15-4-2-1-3-5-15/h1-5,12-13H,6-11H2,(H2,18,19). The molecular weight excluding hydrogens is 294 g/mol. The van der Waals surface area contributed by atoms with Gasteiger partial charge < -0.3 is 24.8 Å². The SMILES string of the molecule is Nc1cc(N2CCOCC2)cc(OCCOc2ccccc2)n1. The van der Waals surface area contributed by atoms with E-state index in [0.29, 0.717) is 24.9 Å². The number of rotatable bonds is 6. The molecule has 1 aromatic carbocycles. The monoisotopic (exact) mass is 315 g/mol. The van der Waals surface area contributed by atoms with E-state index in [2.05, 4.69) is 9.88 Å². The van der Waals surface area contributed by atoms with Crippen LogP contribution in [0.15, 0.2) is 42.5 Å². The van der Waals surface area contributed by atoms with Crippen molar-refractivity contribution in [3.63, 3.8) is 0 Å². The molecule has 1 saturated heterocycles. The third-order valence-corrected chi connectivity index (χ3v) is 3.53. The van der Waals surface area contributed by atoms with Crippen molar-refractivity contribution in [2.24, 2.45) is 0 Å². The molecule has 122 valence electrons. The van der Waals surface area contributed by atoms with Crippen molar-refractivity contribution in [3.8, 4) is 11.6 Å². The number of hydrogen-bond acceptors (Lipinski definition) is 6. The second kappa shape index (κ2) is 7.69. The lowest BCUT2D eigenvalue weighted by Crippen LogP contribution is -2.36. The van der Waals surface area contributed by atoms with Gasteiger partial charge in [-0.05, 0) is 12.1 Å². The van der Waals surface area contributed by atoms with Crippen molar-refractivity contribution < 1.29 is 14.2 Å². The van der Waals surface area contributed by atoms with Gasteiger partial charge in [0.15, 0.2) is 0 Å². The Balaban J connectivity index is 1.54. The van der Waals surface area contributed by atoms with E-state index in [0.717, 1.165) is 37.7 Å². The number of para-hydroxylation sites is 1. The number of pyridine rings is 1. The lowest BCUT2D eigenvalue weighted by molar-refractivity contribution is 0.122. The Bertz CT molecular complexity index is 616. The molecular formula is C17H21N3O3. The van der Waals surface area contributed by atoms with Gasteiger partial charge in [-0.2, -0.15) is 4.98 Å². The lowest BCUT2D eigenvalue weighted by Gasteiger charge is -2.29. The maximum atomic E-state index is 5.88. The fourth-order valence-electron chi connectivity index (χ4n) is 2.41. The Morgan fingerprint density at radius 1 is 1.04 bits per heavy atom. The highest BCUT2D eigenvalue weighted by atomic mass is 16.5. The van der Waals surface area contributed by atoms with Crippen LogP contribution in [0.3, 0.4) is 0 Å². The molecule has 2 heterocycles. The first-order valence-corrected chi connectivity index (χ1v) is 7.72. The van der Waals surface area contributed by atoms with Gasteiger partial charge in [-0.15, -0.1) is 0 Å². The van der Waals surface area contributed by atoms with Crippen LogP contribution in [0.1, 0.15) is 0 Å². The van der Waals surface area contributed by atoms with Crippen molar-refractivity contribution in [2.45, 2.75) is 0 Å². The minimum absolute atomic E-state index is 0.411. The van der Waals surface area contributed by atoms with Gasteiger partial charge in [0.05, 0.1) is 13.2 Å². The molecule has 0 saturated carbocycles. The van der Waals surface area contributed by atoms with Crippen LogP contribution >= 0.6 is 0 Å². The van der Waals surface area contributed by atoms with Gasteiger partial charge in [0, 0.05) is 30.9 Å². The van der Waals surface area contributed by atoms with E-state index >= 15 is 0 Å². The first-order chi connectivity index (χ1) is 11.3. The van der Waals surface area contributed by atoms with E-state index in [1.165, 1.54) is 0 Å². The molecule has 0 radical (unpaired) electrons. The van der Waals surface area contributed by atoms with Crippen molar-refractivity contribution in [2.75, 3.05) is 50.2 Å². The molecule has 0 aliphatic carbocycles. The minimum Gasteiger partial charge on any atom is -0.490 e. The summed E-state index contributed by atoms with van der Waals surface area (Å²) in [4.78, 5) is 6.43. The highest BCUT2D eigenvalue weighted by molar-refractivity contribution is 5.55. The van der Waals surface area contributed by atoms with Crippen molar-refractivity contribution in [1.82, 2.24) is 4.98 Å². The summed E-state index contributed by atoms with van der Waals surface area (Å²) >= 11 is 0. The summed E-state index contributed by atoms with van der Waals surface area (Å²) in [6.07, 6.45) is 0. The molecule has 0 atom stereocenters. The van der Waals surface area contributed by atoms with Crippen LogP contribution in [0.4, 0.5) is 11.5 Å². The lowest BCUT2D eigenvalue weighted by atomic mass is 10.3. The molecule has 0 bridgehead atoms. The number of hydrogen-bond donors (Lipinski definition) is 1. The third-order valence-electron chi connectivity index (χ3n) is 3.53. The van der Waals surface area contributed by atoms with Crippen LogP contribution in [0.25, 0.3) is 0 Å². The number of morpholine rings is 1. The average molecular weight is 315 g/mol. The normalized spacial score (nSPS) is 14.5. The summed E-state index contributed by atoms with van der Waals surface area (Å²) in [5.74, 6) is 1.79. The number of benzene rings is 1. The minimum atomic E-state index is 0.411. The zero-order valence-electron chi connectivity index (χ0n) is 13.0. The molecule has 1 aliphatic rings. The summed E-state index contributed by atoms with van der Waals surface area (Å²) in [7, 11) is 0.